The van der Waals surface area contributed by atoms with Gasteiger partial charge >= 0.3 is 0 Å². The first-order valence-electron chi connectivity index (χ1n) is 6.03. The topological polar surface area (TPSA) is 12.0 Å². The first-order valence-corrected chi connectivity index (χ1v) is 6.03. The van der Waals surface area contributed by atoms with E-state index in [4.69, 9.17) is 0 Å². The van der Waals surface area contributed by atoms with Crippen LogP contribution in [0.1, 0.15) is 44.7 Å². The predicted molar refractivity (Wildman–Crippen MR) is 67.0 cm³/mol. The van der Waals surface area contributed by atoms with Gasteiger partial charge in [0, 0.05) is 12.6 Å². The summed E-state index contributed by atoms with van der Waals surface area (Å²) in [6.45, 7) is 7.57. The minimum absolute atomic E-state index is 0.560. The van der Waals surface area contributed by atoms with Crippen LogP contribution in [-0.2, 0) is 13.0 Å². The molecule has 1 aromatic rings. The quantitative estimate of drug-likeness (QED) is 0.749. The molecule has 0 aromatic heterocycles. The summed E-state index contributed by atoms with van der Waals surface area (Å²) in [5.41, 5.74) is 2.84. The zero-order valence-electron chi connectivity index (χ0n) is 10.2. The normalized spacial score (nSPS) is 10.9. The van der Waals surface area contributed by atoms with Gasteiger partial charge < -0.3 is 5.32 Å². The second-order valence-corrected chi connectivity index (χ2v) is 4.46. The average molecular weight is 205 g/mol. The molecule has 0 radical (unpaired) electrons. The molecule has 0 saturated heterocycles. The molecular weight excluding hydrogens is 182 g/mol. The number of unbranched alkanes of at least 4 members (excludes halogenated alkanes) is 1. The lowest BCUT2D eigenvalue weighted by Crippen LogP contribution is -2.21. The summed E-state index contributed by atoms with van der Waals surface area (Å²) in [6.07, 6.45) is 3.79. The molecule has 0 saturated carbocycles. The third-order valence-corrected chi connectivity index (χ3v) is 2.56. The Hall–Kier alpha value is -0.820. The fourth-order valence-corrected chi connectivity index (χ4v) is 1.53. The summed E-state index contributed by atoms with van der Waals surface area (Å²) in [5, 5.41) is 3.42. The van der Waals surface area contributed by atoms with E-state index < -0.39 is 0 Å². The van der Waals surface area contributed by atoms with Crippen LogP contribution in [0.3, 0.4) is 0 Å². The summed E-state index contributed by atoms with van der Waals surface area (Å²) in [4.78, 5) is 0. The maximum Gasteiger partial charge on any atom is 0.0207 e. The maximum absolute atomic E-state index is 3.42. The van der Waals surface area contributed by atoms with E-state index in [-0.39, 0.29) is 0 Å². The Bertz CT molecular complexity index is 261. The fourth-order valence-electron chi connectivity index (χ4n) is 1.53. The third kappa shape index (κ3) is 4.98. The standard InChI is InChI=1S/C14H23N/c1-4-5-6-13-7-9-14(10-8-13)11-15-12(2)3/h7-10,12,15H,4-6,11H2,1-3H3. The Morgan fingerprint density at radius 1 is 1.07 bits per heavy atom. The van der Waals surface area contributed by atoms with Gasteiger partial charge in [-0.3, -0.25) is 0 Å². The van der Waals surface area contributed by atoms with Gasteiger partial charge in [-0.2, -0.15) is 0 Å². The molecule has 0 atom stereocenters. The van der Waals surface area contributed by atoms with Gasteiger partial charge in [0.05, 0.1) is 0 Å². The van der Waals surface area contributed by atoms with E-state index in [1.165, 1.54) is 30.4 Å². The molecule has 0 aliphatic carbocycles. The molecule has 0 spiro atoms. The van der Waals surface area contributed by atoms with E-state index in [1.54, 1.807) is 0 Å². The SMILES string of the molecule is CCCCc1ccc(CNC(C)C)cc1. The smallest absolute Gasteiger partial charge is 0.0207 e. The van der Waals surface area contributed by atoms with E-state index in [0.717, 1.165) is 6.54 Å². The highest BCUT2D eigenvalue weighted by Crippen LogP contribution is 2.07. The van der Waals surface area contributed by atoms with Crippen LogP contribution in [-0.4, -0.2) is 6.04 Å². The molecule has 0 unspecified atom stereocenters. The molecule has 0 aliphatic rings. The molecule has 15 heavy (non-hydrogen) atoms. The largest absolute Gasteiger partial charge is 0.310 e. The fraction of sp³-hybridized carbons (Fsp3) is 0.571. The van der Waals surface area contributed by atoms with Crippen LogP contribution in [0.25, 0.3) is 0 Å². The number of hydrogen-bond acceptors (Lipinski definition) is 1. The Morgan fingerprint density at radius 2 is 1.67 bits per heavy atom. The van der Waals surface area contributed by atoms with Gasteiger partial charge in [-0.15, -0.1) is 0 Å². The molecule has 0 heterocycles. The molecule has 0 amide bonds. The van der Waals surface area contributed by atoms with Crippen molar-refractivity contribution in [3.8, 4) is 0 Å². The Kier molecular flexibility index (Phi) is 5.41. The summed E-state index contributed by atoms with van der Waals surface area (Å²) in [5.74, 6) is 0. The van der Waals surface area contributed by atoms with Crippen molar-refractivity contribution < 1.29 is 0 Å². The van der Waals surface area contributed by atoms with Crippen LogP contribution < -0.4 is 5.32 Å². The molecule has 1 nitrogen and oxygen atoms in total. The van der Waals surface area contributed by atoms with Crippen molar-refractivity contribution in [3.05, 3.63) is 35.4 Å². The summed E-state index contributed by atoms with van der Waals surface area (Å²) in [6, 6.07) is 9.55. The highest BCUT2D eigenvalue weighted by molar-refractivity contribution is 5.22. The van der Waals surface area contributed by atoms with Crippen LogP contribution in [0.15, 0.2) is 24.3 Å². The van der Waals surface area contributed by atoms with Crippen LogP contribution >= 0.6 is 0 Å². The van der Waals surface area contributed by atoms with Gasteiger partial charge in [-0.05, 0) is 24.0 Å². The third-order valence-electron chi connectivity index (χ3n) is 2.56. The first-order chi connectivity index (χ1) is 7.22. The minimum atomic E-state index is 0.560. The van der Waals surface area contributed by atoms with Gasteiger partial charge in [0.1, 0.15) is 0 Å². The van der Waals surface area contributed by atoms with Crippen molar-refractivity contribution in [1.29, 1.82) is 0 Å². The van der Waals surface area contributed by atoms with E-state index in [1.807, 2.05) is 0 Å². The zero-order chi connectivity index (χ0) is 11.1. The Morgan fingerprint density at radius 3 is 2.20 bits per heavy atom. The highest BCUT2D eigenvalue weighted by Gasteiger charge is 1.96. The number of rotatable bonds is 6. The van der Waals surface area contributed by atoms with Gasteiger partial charge in [0.25, 0.3) is 0 Å². The van der Waals surface area contributed by atoms with Crippen molar-refractivity contribution in [1.82, 2.24) is 5.32 Å². The van der Waals surface area contributed by atoms with Crippen molar-refractivity contribution in [2.75, 3.05) is 0 Å². The second kappa shape index (κ2) is 6.62. The van der Waals surface area contributed by atoms with Crippen molar-refractivity contribution in [2.24, 2.45) is 0 Å². The number of aryl methyl sites for hydroxylation is 1. The van der Waals surface area contributed by atoms with Gasteiger partial charge in [0.2, 0.25) is 0 Å². The van der Waals surface area contributed by atoms with Gasteiger partial charge in [0.15, 0.2) is 0 Å². The molecule has 0 fully saturated rings. The minimum Gasteiger partial charge on any atom is -0.310 e. The average Bonchev–Trinajstić information content (AvgIpc) is 2.25. The van der Waals surface area contributed by atoms with Crippen molar-refractivity contribution >= 4 is 0 Å². The van der Waals surface area contributed by atoms with Crippen molar-refractivity contribution in [2.45, 2.75) is 52.6 Å². The van der Waals surface area contributed by atoms with Crippen LogP contribution in [0.4, 0.5) is 0 Å². The summed E-state index contributed by atoms with van der Waals surface area (Å²) >= 11 is 0. The molecule has 1 aromatic carbocycles. The van der Waals surface area contributed by atoms with Crippen LogP contribution in [0.5, 0.6) is 0 Å². The highest BCUT2D eigenvalue weighted by atomic mass is 14.9. The lowest BCUT2D eigenvalue weighted by Gasteiger charge is -2.08. The van der Waals surface area contributed by atoms with Gasteiger partial charge in [-0.25, -0.2) is 0 Å². The van der Waals surface area contributed by atoms with E-state index >= 15 is 0 Å². The predicted octanol–water partition coefficient (Wildman–Crippen LogP) is 3.53. The lowest BCUT2D eigenvalue weighted by molar-refractivity contribution is 0.589. The Labute approximate surface area is 93.9 Å². The molecule has 0 aliphatic heterocycles. The van der Waals surface area contributed by atoms with E-state index in [2.05, 4.69) is 50.4 Å². The molecular formula is C14H23N. The molecule has 0 bridgehead atoms. The summed E-state index contributed by atoms with van der Waals surface area (Å²) < 4.78 is 0. The Balaban J connectivity index is 2.41. The number of nitrogens with one attached hydrogen (secondary N) is 1. The molecule has 1 rings (SSSR count). The number of hydrogen-bond donors (Lipinski definition) is 1. The number of benzene rings is 1. The lowest BCUT2D eigenvalue weighted by atomic mass is 10.1. The molecule has 1 N–H and O–H groups in total. The van der Waals surface area contributed by atoms with Crippen LogP contribution in [0.2, 0.25) is 0 Å². The van der Waals surface area contributed by atoms with E-state index in [9.17, 15) is 0 Å². The zero-order valence-corrected chi connectivity index (χ0v) is 10.2. The monoisotopic (exact) mass is 205 g/mol. The first kappa shape index (κ1) is 12.3. The van der Waals surface area contributed by atoms with Gasteiger partial charge in [-0.1, -0.05) is 51.5 Å². The molecule has 84 valence electrons. The van der Waals surface area contributed by atoms with E-state index in [0.29, 0.717) is 6.04 Å². The molecule has 1 heteroatoms. The summed E-state index contributed by atoms with van der Waals surface area (Å²) in [7, 11) is 0. The second-order valence-electron chi connectivity index (χ2n) is 4.46. The van der Waals surface area contributed by atoms with Crippen LogP contribution in [0, 0.1) is 0 Å². The maximum atomic E-state index is 3.42. The van der Waals surface area contributed by atoms with Crippen molar-refractivity contribution in [3.63, 3.8) is 0 Å².